The molecule has 1 atom stereocenters. The van der Waals surface area contributed by atoms with Gasteiger partial charge in [-0.15, -0.1) is 0 Å². The molecule has 2 N–H and O–H groups in total. The zero-order valence-corrected chi connectivity index (χ0v) is 11.5. The van der Waals surface area contributed by atoms with Gasteiger partial charge in [-0.1, -0.05) is 44.5 Å². The van der Waals surface area contributed by atoms with Crippen LogP contribution in [0.2, 0.25) is 0 Å². The van der Waals surface area contributed by atoms with Crippen LogP contribution >= 0.6 is 0 Å². The largest absolute Gasteiger partial charge is 0.481 e. The van der Waals surface area contributed by atoms with Crippen LogP contribution in [0.1, 0.15) is 37.8 Å². The smallest absolute Gasteiger partial charge is 0.307 e. The van der Waals surface area contributed by atoms with E-state index >= 15 is 0 Å². The molecule has 4 nitrogen and oxygen atoms in total. The third kappa shape index (κ3) is 5.12. The highest BCUT2D eigenvalue weighted by Gasteiger charge is 2.12. The fourth-order valence-corrected chi connectivity index (χ4v) is 1.99. The first-order valence-corrected chi connectivity index (χ1v) is 6.60. The van der Waals surface area contributed by atoms with E-state index in [9.17, 15) is 9.59 Å². The molecule has 0 spiro atoms. The van der Waals surface area contributed by atoms with Gasteiger partial charge in [0.1, 0.15) is 0 Å². The minimum atomic E-state index is -0.863. The summed E-state index contributed by atoms with van der Waals surface area (Å²) < 4.78 is 0. The van der Waals surface area contributed by atoms with Gasteiger partial charge in [-0.25, -0.2) is 0 Å². The minimum Gasteiger partial charge on any atom is -0.481 e. The van der Waals surface area contributed by atoms with Crippen LogP contribution < -0.4 is 5.32 Å². The Morgan fingerprint density at radius 1 is 1.26 bits per heavy atom. The Morgan fingerprint density at radius 2 is 1.89 bits per heavy atom. The fourth-order valence-electron chi connectivity index (χ4n) is 1.99. The van der Waals surface area contributed by atoms with Crippen molar-refractivity contribution >= 4 is 11.9 Å². The predicted octanol–water partition coefficient (Wildman–Crippen LogP) is 2.37. The van der Waals surface area contributed by atoms with Crippen molar-refractivity contribution in [2.24, 2.45) is 5.92 Å². The summed E-state index contributed by atoms with van der Waals surface area (Å²) in [5, 5.41) is 11.7. The van der Waals surface area contributed by atoms with Gasteiger partial charge >= 0.3 is 5.97 Å². The second-order valence-electron chi connectivity index (χ2n) is 4.75. The van der Waals surface area contributed by atoms with Gasteiger partial charge in [0.05, 0.1) is 6.42 Å². The van der Waals surface area contributed by atoms with Crippen LogP contribution in [0.15, 0.2) is 24.3 Å². The normalized spacial score (nSPS) is 11.9. The van der Waals surface area contributed by atoms with Gasteiger partial charge in [-0.05, 0) is 17.5 Å². The highest BCUT2D eigenvalue weighted by molar-refractivity contribution is 5.78. The van der Waals surface area contributed by atoms with Gasteiger partial charge in [0.15, 0.2) is 0 Å². The topological polar surface area (TPSA) is 66.4 Å². The SMILES string of the molecule is CCCC(C)C(=O)NCc1ccccc1CC(=O)O. The molecule has 0 saturated carbocycles. The number of carboxylic acid groups (broad SMARTS) is 1. The molecule has 0 bridgehead atoms. The first kappa shape index (κ1) is 15.2. The first-order valence-electron chi connectivity index (χ1n) is 6.60. The van der Waals surface area contributed by atoms with E-state index in [-0.39, 0.29) is 18.2 Å². The number of carboxylic acids is 1. The molecule has 0 aliphatic heterocycles. The lowest BCUT2D eigenvalue weighted by molar-refractivity contribution is -0.136. The first-order chi connectivity index (χ1) is 9.04. The molecular weight excluding hydrogens is 242 g/mol. The summed E-state index contributed by atoms with van der Waals surface area (Å²) in [6.45, 7) is 4.34. The van der Waals surface area contributed by atoms with Crippen molar-refractivity contribution in [2.75, 3.05) is 0 Å². The Morgan fingerprint density at radius 3 is 2.47 bits per heavy atom. The monoisotopic (exact) mass is 263 g/mol. The predicted molar refractivity (Wildman–Crippen MR) is 73.7 cm³/mol. The average molecular weight is 263 g/mol. The van der Waals surface area contributed by atoms with E-state index in [4.69, 9.17) is 5.11 Å². The van der Waals surface area contributed by atoms with Gasteiger partial charge in [0.25, 0.3) is 0 Å². The van der Waals surface area contributed by atoms with Crippen LogP contribution in [0.5, 0.6) is 0 Å². The number of carbonyl (C=O) groups is 2. The summed E-state index contributed by atoms with van der Waals surface area (Å²) in [6.07, 6.45) is 1.82. The summed E-state index contributed by atoms with van der Waals surface area (Å²) in [4.78, 5) is 22.6. The highest BCUT2D eigenvalue weighted by atomic mass is 16.4. The fraction of sp³-hybridized carbons (Fsp3) is 0.467. The molecule has 1 aromatic rings. The van der Waals surface area contributed by atoms with E-state index in [0.29, 0.717) is 6.54 Å². The van der Waals surface area contributed by atoms with E-state index in [0.717, 1.165) is 24.0 Å². The van der Waals surface area contributed by atoms with Gasteiger partial charge in [0, 0.05) is 12.5 Å². The van der Waals surface area contributed by atoms with Crippen LogP contribution in [-0.4, -0.2) is 17.0 Å². The van der Waals surface area contributed by atoms with Crippen LogP contribution in [0.25, 0.3) is 0 Å². The van der Waals surface area contributed by atoms with Gasteiger partial charge < -0.3 is 10.4 Å². The molecule has 4 heteroatoms. The molecule has 0 fully saturated rings. The summed E-state index contributed by atoms with van der Waals surface area (Å²) in [5.41, 5.74) is 1.61. The van der Waals surface area contributed by atoms with Crippen molar-refractivity contribution in [2.45, 2.75) is 39.7 Å². The second kappa shape index (κ2) is 7.56. The van der Waals surface area contributed by atoms with Crippen molar-refractivity contribution in [3.8, 4) is 0 Å². The summed E-state index contributed by atoms with van der Waals surface area (Å²) in [5.74, 6) is -0.846. The molecule has 19 heavy (non-hydrogen) atoms. The number of hydrogen-bond acceptors (Lipinski definition) is 2. The molecular formula is C15H21NO3. The molecule has 0 aliphatic carbocycles. The van der Waals surface area contributed by atoms with Crippen LogP contribution in [0.3, 0.4) is 0 Å². The van der Waals surface area contributed by atoms with Crippen molar-refractivity contribution in [3.63, 3.8) is 0 Å². The minimum absolute atomic E-state index is 0.00311. The molecule has 1 aromatic carbocycles. The van der Waals surface area contributed by atoms with Crippen LogP contribution in [0.4, 0.5) is 0 Å². The second-order valence-corrected chi connectivity index (χ2v) is 4.75. The van der Waals surface area contributed by atoms with Crippen LogP contribution in [-0.2, 0) is 22.6 Å². The van der Waals surface area contributed by atoms with E-state index in [1.165, 1.54) is 0 Å². The Balaban J connectivity index is 2.62. The van der Waals surface area contributed by atoms with Gasteiger partial charge in [0.2, 0.25) is 5.91 Å². The summed E-state index contributed by atoms with van der Waals surface area (Å²) in [6, 6.07) is 7.29. The molecule has 1 unspecified atom stereocenters. The number of rotatable bonds is 7. The lowest BCUT2D eigenvalue weighted by atomic mass is 10.0. The van der Waals surface area contributed by atoms with Gasteiger partial charge in [-0.3, -0.25) is 9.59 Å². The van der Waals surface area contributed by atoms with Crippen molar-refractivity contribution < 1.29 is 14.7 Å². The lowest BCUT2D eigenvalue weighted by Gasteiger charge is -2.13. The number of hydrogen-bond donors (Lipinski definition) is 2. The third-order valence-corrected chi connectivity index (χ3v) is 3.08. The van der Waals surface area contributed by atoms with E-state index in [1.54, 1.807) is 6.07 Å². The molecule has 0 aliphatic rings. The molecule has 0 saturated heterocycles. The molecule has 0 heterocycles. The Bertz CT molecular complexity index is 443. The number of carbonyl (C=O) groups excluding carboxylic acids is 1. The zero-order chi connectivity index (χ0) is 14.3. The standard InChI is InChI=1S/C15H21NO3/c1-3-6-11(2)15(19)16-10-13-8-5-4-7-12(13)9-14(17)18/h4-5,7-8,11H,3,6,9-10H2,1-2H3,(H,16,19)(H,17,18). The number of amides is 1. The average Bonchev–Trinajstić information content (AvgIpc) is 2.37. The number of benzene rings is 1. The maximum atomic E-state index is 11.8. The van der Waals surface area contributed by atoms with E-state index in [1.807, 2.05) is 32.0 Å². The number of aliphatic carboxylic acids is 1. The molecule has 0 radical (unpaired) electrons. The number of nitrogens with one attached hydrogen (secondary N) is 1. The molecule has 0 aromatic heterocycles. The maximum absolute atomic E-state index is 11.8. The Hall–Kier alpha value is -1.84. The molecule has 1 amide bonds. The third-order valence-electron chi connectivity index (χ3n) is 3.08. The Kier molecular flexibility index (Phi) is 6.06. The van der Waals surface area contributed by atoms with Crippen molar-refractivity contribution in [1.29, 1.82) is 0 Å². The summed E-state index contributed by atoms with van der Waals surface area (Å²) >= 11 is 0. The Labute approximate surface area is 113 Å². The quantitative estimate of drug-likeness (QED) is 0.793. The molecule has 104 valence electrons. The highest BCUT2D eigenvalue weighted by Crippen LogP contribution is 2.11. The van der Waals surface area contributed by atoms with Crippen LogP contribution in [0, 0.1) is 5.92 Å². The van der Waals surface area contributed by atoms with E-state index in [2.05, 4.69) is 5.32 Å². The molecule has 1 rings (SSSR count). The lowest BCUT2D eigenvalue weighted by Crippen LogP contribution is -2.29. The van der Waals surface area contributed by atoms with Crippen molar-refractivity contribution in [3.05, 3.63) is 35.4 Å². The van der Waals surface area contributed by atoms with Gasteiger partial charge in [-0.2, -0.15) is 0 Å². The maximum Gasteiger partial charge on any atom is 0.307 e. The van der Waals surface area contributed by atoms with Crippen molar-refractivity contribution in [1.82, 2.24) is 5.32 Å². The zero-order valence-electron chi connectivity index (χ0n) is 11.5. The summed E-state index contributed by atoms with van der Waals surface area (Å²) in [7, 11) is 0. The van der Waals surface area contributed by atoms with E-state index < -0.39 is 5.97 Å².